The quantitative estimate of drug-likeness (QED) is 0.776. The van der Waals surface area contributed by atoms with Gasteiger partial charge in [-0.05, 0) is 20.8 Å². The van der Waals surface area contributed by atoms with Crippen molar-refractivity contribution in [2.45, 2.75) is 32.4 Å². The Bertz CT molecular complexity index is 325. The topological polar surface area (TPSA) is 73.1 Å². The van der Waals surface area contributed by atoms with E-state index in [1.165, 1.54) is 0 Å². The lowest BCUT2D eigenvalue weighted by atomic mass is 9.97. The first-order valence-corrected chi connectivity index (χ1v) is 4.86. The van der Waals surface area contributed by atoms with Crippen molar-refractivity contribution >= 4 is 5.95 Å². The molecule has 5 nitrogen and oxygen atoms in total. The molecule has 0 saturated heterocycles. The van der Waals surface area contributed by atoms with E-state index in [2.05, 4.69) is 15.3 Å². The van der Waals surface area contributed by atoms with Crippen LogP contribution in [-0.4, -0.2) is 28.7 Å². The Morgan fingerprint density at radius 1 is 1.53 bits per heavy atom. The van der Waals surface area contributed by atoms with E-state index in [1.54, 1.807) is 19.4 Å². The predicted octanol–water partition coefficient (Wildman–Crippen LogP) is 1.02. The zero-order valence-electron chi connectivity index (χ0n) is 9.61. The van der Waals surface area contributed by atoms with Crippen LogP contribution >= 0.6 is 0 Å². The number of rotatable bonds is 4. The molecule has 0 aromatic carbocycles. The van der Waals surface area contributed by atoms with Crippen LogP contribution in [0.25, 0.3) is 0 Å². The summed E-state index contributed by atoms with van der Waals surface area (Å²) < 4.78 is 5.01. The molecule has 0 spiro atoms. The van der Waals surface area contributed by atoms with Gasteiger partial charge in [0.25, 0.3) is 0 Å². The highest BCUT2D eigenvalue weighted by atomic mass is 16.5. The molecular weight excluding hydrogens is 192 g/mol. The number of hydrogen-bond acceptors (Lipinski definition) is 5. The maximum absolute atomic E-state index is 5.84. The Hall–Kier alpha value is -1.36. The Kier molecular flexibility index (Phi) is 3.47. The lowest BCUT2D eigenvalue weighted by Gasteiger charge is -2.30. The Balaban J connectivity index is 2.80. The standard InChI is InChI=1S/C10H18N4O/c1-7(11)10(2,3)14-9-12-6-5-8(13-9)15-4/h5-7H,11H2,1-4H3,(H,12,13,14). The lowest BCUT2D eigenvalue weighted by molar-refractivity contribution is 0.396. The smallest absolute Gasteiger partial charge is 0.226 e. The van der Waals surface area contributed by atoms with Crippen LogP contribution < -0.4 is 15.8 Å². The average Bonchev–Trinajstić information content (AvgIpc) is 2.17. The largest absolute Gasteiger partial charge is 0.481 e. The summed E-state index contributed by atoms with van der Waals surface area (Å²) in [5.41, 5.74) is 5.58. The third-order valence-corrected chi connectivity index (χ3v) is 2.41. The van der Waals surface area contributed by atoms with Crippen LogP contribution in [0.4, 0.5) is 5.95 Å². The summed E-state index contributed by atoms with van der Waals surface area (Å²) >= 11 is 0. The van der Waals surface area contributed by atoms with E-state index < -0.39 is 0 Å². The number of anilines is 1. The van der Waals surface area contributed by atoms with E-state index >= 15 is 0 Å². The normalized spacial score (nSPS) is 13.4. The minimum atomic E-state index is -0.258. The van der Waals surface area contributed by atoms with E-state index in [0.29, 0.717) is 11.8 Å². The van der Waals surface area contributed by atoms with Gasteiger partial charge in [-0.25, -0.2) is 4.98 Å². The molecule has 84 valence electrons. The fraction of sp³-hybridized carbons (Fsp3) is 0.600. The summed E-state index contributed by atoms with van der Waals surface area (Å²) in [6.07, 6.45) is 1.64. The highest BCUT2D eigenvalue weighted by Gasteiger charge is 2.23. The van der Waals surface area contributed by atoms with Crippen molar-refractivity contribution in [2.24, 2.45) is 5.73 Å². The van der Waals surface area contributed by atoms with Crippen molar-refractivity contribution in [3.05, 3.63) is 12.3 Å². The molecule has 1 aromatic rings. The molecular formula is C10H18N4O. The third kappa shape index (κ3) is 3.06. The summed E-state index contributed by atoms with van der Waals surface area (Å²) in [6, 6.07) is 1.69. The highest BCUT2D eigenvalue weighted by molar-refractivity contribution is 5.31. The predicted molar refractivity (Wildman–Crippen MR) is 59.9 cm³/mol. The monoisotopic (exact) mass is 210 g/mol. The maximum Gasteiger partial charge on any atom is 0.226 e. The number of aromatic nitrogens is 2. The van der Waals surface area contributed by atoms with Crippen LogP contribution in [0.15, 0.2) is 12.3 Å². The van der Waals surface area contributed by atoms with Crippen molar-refractivity contribution in [2.75, 3.05) is 12.4 Å². The van der Waals surface area contributed by atoms with Crippen molar-refractivity contribution in [3.8, 4) is 5.88 Å². The zero-order chi connectivity index (χ0) is 11.5. The van der Waals surface area contributed by atoms with Crippen molar-refractivity contribution < 1.29 is 4.74 Å². The number of ether oxygens (including phenoxy) is 1. The SMILES string of the molecule is COc1ccnc(NC(C)(C)C(C)N)n1. The summed E-state index contributed by atoms with van der Waals surface area (Å²) in [6.45, 7) is 5.94. The highest BCUT2D eigenvalue weighted by Crippen LogP contribution is 2.15. The van der Waals surface area contributed by atoms with Gasteiger partial charge in [0.1, 0.15) is 0 Å². The second-order valence-electron chi connectivity index (χ2n) is 4.06. The first-order valence-electron chi connectivity index (χ1n) is 4.86. The molecule has 0 saturated carbocycles. The number of nitrogens with two attached hydrogens (primary N) is 1. The number of hydrogen-bond donors (Lipinski definition) is 2. The Morgan fingerprint density at radius 3 is 2.73 bits per heavy atom. The van der Waals surface area contributed by atoms with Gasteiger partial charge in [0.05, 0.1) is 7.11 Å². The summed E-state index contributed by atoms with van der Waals surface area (Å²) in [5, 5.41) is 3.17. The van der Waals surface area contributed by atoms with Gasteiger partial charge in [-0.1, -0.05) is 0 Å². The molecule has 3 N–H and O–H groups in total. The van der Waals surface area contributed by atoms with Crippen LogP contribution in [0.1, 0.15) is 20.8 Å². The van der Waals surface area contributed by atoms with E-state index in [-0.39, 0.29) is 11.6 Å². The molecule has 1 aromatic heterocycles. The number of nitrogens with zero attached hydrogens (tertiary/aromatic N) is 2. The van der Waals surface area contributed by atoms with Crippen molar-refractivity contribution in [3.63, 3.8) is 0 Å². The Morgan fingerprint density at radius 2 is 2.20 bits per heavy atom. The second-order valence-corrected chi connectivity index (χ2v) is 4.06. The molecule has 0 aliphatic carbocycles. The molecule has 1 atom stereocenters. The second kappa shape index (κ2) is 4.44. The van der Waals surface area contributed by atoms with Gasteiger partial charge >= 0.3 is 0 Å². The van der Waals surface area contributed by atoms with Gasteiger partial charge in [-0.15, -0.1) is 0 Å². The van der Waals surface area contributed by atoms with Crippen molar-refractivity contribution in [1.82, 2.24) is 9.97 Å². The van der Waals surface area contributed by atoms with E-state index in [4.69, 9.17) is 10.5 Å². The summed E-state index contributed by atoms with van der Waals surface area (Å²) in [7, 11) is 1.57. The average molecular weight is 210 g/mol. The van der Waals surface area contributed by atoms with Crippen LogP contribution in [0, 0.1) is 0 Å². The van der Waals surface area contributed by atoms with Gasteiger partial charge < -0.3 is 15.8 Å². The fourth-order valence-corrected chi connectivity index (χ4v) is 0.918. The van der Waals surface area contributed by atoms with Gasteiger partial charge in [0.2, 0.25) is 11.8 Å². The zero-order valence-corrected chi connectivity index (χ0v) is 9.61. The number of nitrogens with one attached hydrogen (secondary N) is 1. The van der Waals surface area contributed by atoms with Crippen LogP contribution in [0.3, 0.4) is 0 Å². The van der Waals surface area contributed by atoms with Crippen LogP contribution in [0.2, 0.25) is 0 Å². The molecule has 1 rings (SSSR count). The molecule has 5 heteroatoms. The molecule has 0 radical (unpaired) electrons. The molecule has 0 aliphatic heterocycles. The molecule has 15 heavy (non-hydrogen) atoms. The first kappa shape index (κ1) is 11.7. The molecule has 0 fully saturated rings. The van der Waals surface area contributed by atoms with E-state index in [1.807, 2.05) is 20.8 Å². The Labute approximate surface area is 90.1 Å². The third-order valence-electron chi connectivity index (χ3n) is 2.41. The van der Waals surface area contributed by atoms with Crippen molar-refractivity contribution in [1.29, 1.82) is 0 Å². The van der Waals surface area contributed by atoms with Gasteiger partial charge in [0.15, 0.2) is 0 Å². The molecule has 0 bridgehead atoms. The van der Waals surface area contributed by atoms with Crippen LogP contribution in [0.5, 0.6) is 5.88 Å². The van der Waals surface area contributed by atoms with Gasteiger partial charge in [-0.2, -0.15) is 4.98 Å². The van der Waals surface area contributed by atoms with Crippen LogP contribution in [-0.2, 0) is 0 Å². The summed E-state index contributed by atoms with van der Waals surface area (Å²) in [5.74, 6) is 1.06. The van der Waals surface area contributed by atoms with E-state index in [9.17, 15) is 0 Å². The lowest BCUT2D eigenvalue weighted by Crippen LogP contribution is -2.47. The van der Waals surface area contributed by atoms with E-state index in [0.717, 1.165) is 0 Å². The van der Waals surface area contributed by atoms with Gasteiger partial charge in [0, 0.05) is 23.8 Å². The van der Waals surface area contributed by atoms with Gasteiger partial charge in [-0.3, -0.25) is 0 Å². The summed E-state index contributed by atoms with van der Waals surface area (Å²) in [4.78, 5) is 8.26. The maximum atomic E-state index is 5.84. The first-order chi connectivity index (χ1) is 6.95. The molecule has 0 amide bonds. The minimum absolute atomic E-state index is 0.00713. The molecule has 0 aliphatic rings. The minimum Gasteiger partial charge on any atom is -0.481 e. The molecule has 1 heterocycles. The number of methoxy groups -OCH3 is 1. The fourth-order valence-electron chi connectivity index (χ4n) is 0.918. The molecule has 1 unspecified atom stereocenters.